The molecule has 2 aromatic rings. The van der Waals surface area contributed by atoms with Gasteiger partial charge in [-0.15, -0.1) is 11.3 Å². The molecule has 19 heavy (non-hydrogen) atoms. The molecule has 3 nitrogen and oxygen atoms in total. The van der Waals surface area contributed by atoms with Gasteiger partial charge in [0.25, 0.3) is 11.9 Å². The second-order valence-electron chi connectivity index (χ2n) is 3.76. The molecule has 0 atom stereocenters. The van der Waals surface area contributed by atoms with E-state index in [0.717, 1.165) is 10.7 Å². The maximum Gasteiger partial charge on any atom is 0.253 e. The molecule has 2 heterocycles. The normalized spacial score (nSPS) is 10.8. The van der Waals surface area contributed by atoms with E-state index in [0.29, 0.717) is 6.42 Å². The van der Waals surface area contributed by atoms with Crippen LogP contribution in [-0.4, -0.2) is 16.5 Å². The van der Waals surface area contributed by atoms with Crippen LogP contribution in [0.1, 0.15) is 10.7 Å². The molecule has 0 radical (unpaired) electrons. The van der Waals surface area contributed by atoms with Crippen molar-refractivity contribution < 1.29 is 17.6 Å². The largest absolute Gasteiger partial charge is 0.380 e. The first-order chi connectivity index (χ1) is 8.99. The number of pyridine rings is 1. The fourth-order valence-corrected chi connectivity index (χ4v) is 2.23. The van der Waals surface area contributed by atoms with Crippen LogP contribution in [0.25, 0.3) is 0 Å². The van der Waals surface area contributed by atoms with Crippen molar-refractivity contribution in [2.45, 2.75) is 13.3 Å². The average Bonchev–Trinajstić information content (AvgIpc) is 2.77. The topological polar surface area (TPSA) is 37.8 Å². The Bertz CT molecular complexity index is 574. The van der Waals surface area contributed by atoms with Crippen molar-refractivity contribution in [3.63, 3.8) is 0 Å². The molecule has 1 N–H and O–H groups in total. The molecule has 2 aromatic heterocycles. The van der Waals surface area contributed by atoms with E-state index in [9.17, 15) is 17.6 Å². The van der Waals surface area contributed by atoms with Gasteiger partial charge in [-0.3, -0.25) is 0 Å². The molecule has 0 saturated carbocycles. The summed E-state index contributed by atoms with van der Waals surface area (Å²) in [6.07, 6.45) is 0.392. The summed E-state index contributed by atoms with van der Waals surface area (Å²) < 4.78 is 52.2. The van der Waals surface area contributed by atoms with E-state index < -0.39 is 29.2 Å². The van der Waals surface area contributed by atoms with Gasteiger partial charge in [-0.2, -0.15) is 22.5 Å². The molecule has 0 aliphatic carbocycles. The Hall–Kier alpha value is -1.70. The molecule has 0 unspecified atom stereocenters. The van der Waals surface area contributed by atoms with Crippen LogP contribution in [-0.2, 0) is 6.42 Å². The predicted octanol–water partition coefficient (Wildman–Crippen LogP) is 3.06. The van der Waals surface area contributed by atoms with Gasteiger partial charge < -0.3 is 5.32 Å². The average molecular weight is 291 g/mol. The minimum Gasteiger partial charge on any atom is -0.380 e. The molecule has 2 rings (SSSR count). The Kier molecular flexibility index (Phi) is 3.98. The number of aromatic nitrogens is 2. The summed E-state index contributed by atoms with van der Waals surface area (Å²) in [4.78, 5) is 6.62. The Balaban J connectivity index is 2.07. The maximum absolute atomic E-state index is 13.3. The second kappa shape index (κ2) is 5.52. The van der Waals surface area contributed by atoms with Crippen LogP contribution in [0.3, 0.4) is 0 Å². The summed E-state index contributed by atoms with van der Waals surface area (Å²) in [6, 6.07) is 0. The van der Waals surface area contributed by atoms with Gasteiger partial charge in [0.2, 0.25) is 11.6 Å². The fraction of sp³-hybridized carbons (Fsp3) is 0.273. The van der Waals surface area contributed by atoms with Crippen LogP contribution in [0.15, 0.2) is 5.38 Å². The van der Waals surface area contributed by atoms with Gasteiger partial charge >= 0.3 is 0 Å². The van der Waals surface area contributed by atoms with E-state index in [4.69, 9.17) is 0 Å². The van der Waals surface area contributed by atoms with Crippen molar-refractivity contribution in [3.8, 4) is 0 Å². The van der Waals surface area contributed by atoms with Crippen LogP contribution in [0.2, 0.25) is 0 Å². The van der Waals surface area contributed by atoms with Gasteiger partial charge in [-0.25, -0.2) is 4.98 Å². The van der Waals surface area contributed by atoms with Gasteiger partial charge in [0.1, 0.15) is 5.69 Å². The van der Waals surface area contributed by atoms with Crippen LogP contribution in [0, 0.1) is 30.5 Å². The van der Waals surface area contributed by atoms with Crippen molar-refractivity contribution in [1.82, 2.24) is 9.97 Å². The number of nitrogens with one attached hydrogen (secondary N) is 1. The zero-order valence-electron chi connectivity index (χ0n) is 9.81. The van der Waals surface area contributed by atoms with Crippen molar-refractivity contribution in [3.05, 3.63) is 39.6 Å². The number of halogens is 4. The molecule has 0 fully saturated rings. The SMILES string of the molecule is Cc1csc(CCNc2c(F)c(F)nc(F)c2F)n1. The maximum atomic E-state index is 13.3. The monoisotopic (exact) mass is 291 g/mol. The number of thiazole rings is 1. The molecule has 0 bridgehead atoms. The van der Waals surface area contributed by atoms with Crippen molar-refractivity contribution in [2.24, 2.45) is 0 Å². The number of hydrogen-bond acceptors (Lipinski definition) is 4. The first-order valence-corrected chi connectivity index (χ1v) is 6.22. The Morgan fingerprint density at radius 1 is 1.11 bits per heavy atom. The van der Waals surface area contributed by atoms with E-state index in [1.807, 2.05) is 12.3 Å². The summed E-state index contributed by atoms with van der Waals surface area (Å²) in [5.74, 6) is -6.42. The zero-order valence-corrected chi connectivity index (χ0v) is 10.6. The molecule has 0 aliphatic heterocycles. The third-order valence-corrected chi connectivity index (χ3v) is 3.33. The molecule has 0 saturated heterocycles. The smallest absolute Gasteiger partial charge is 0.253 e. The highest BCUT2D eigenvalue weighted by molar-refractivity contribution is 7.09. The molecule has 0 aromatic carbocycles. The summed E-state index contributed by atoms with van der Waals surface area (Å²) >= 11 is 1.40. The number of hydrogen-bond donors (Lipinski definition) is 1. The lowest BCUT2D eigenvalue weighted by Gasteiger charge is -2.08. The van der Waals surface area contributed by atoms with Crippen LogP contribution >= 0.6 is 11.3 Å². The van der Waals surface area contributed by atoms with E-state index in [1.165, 1.54) is 11.3 Å². The quantitative estimate of drug-likeness (QED) is 0.695. The lowest BCUT2D eigenvalue weighted by atomic mass is 10.3. The Morgan fingerprint density at radius 3 is 2.26 bits per heavy atom. The third-order valence-electron chi connectivity index (χ3n) is 2.30. The first-order valence-electron chi connectivity index (χ1n) is 5.34. The molecule has 8 heteroatoms. The highest BCUT2D eigenvalue weighted by atomic mass is 32.1. The minimum atomic E-state index is -1.67. The Morgan fingerprint density at radius 2 is 1.74 bits per heavy atom. The summed E-state index contributed by atoms with van der Waals surface area (Å²) in [7, 11) is 0. The predicted molar refractivity (Wildman–Crippen MR) is 63.1 cm³/mol. The van der Waals surface area contributed by atoms with Crippen LogP contribution in [0.4, 0.5) is 23.2 Å². The van der Waals surface area contributed by atoms with Crippen molar-refractivity contribution in [2.75, 3.05) is 11.9 Å². The zero-order chi connectivity index (χ0) is 14.0. The Labute approximate surface area is 110 Å². The molecular weight excluding hydrogens is 282 g/mol. The number of nitrogens with zero attached hydrogens (tertiary/aromatic N) is 2. The van der Waals surface area contributed by atoms with Crippen molar-refractivity contribution >= 4 is 17.0 Å². The molecule has 0 amide bonds. The highest BCUT2D eigenvalue weighted by Gasteiger charge is 2.20. The fourth-order valence-electron chi connectivity index (χ4n) is 1.45. The minimum absolute atomic E-state index is 0.101. The number of rotatable bonds is 4. The molecule has 0 spiro atoms. The van der Waals surface area contributed by atoms with E-state index in [2.05, 4.69) is 15.3 Å². The molecular formula is C11H9F4N3S. The lowest BCUT2D eigenvalue weighted by molar-refractivity contribution is 0.410. The molecule has 102 valence electrons. The van der Waals surface area contributed by atoms with E-state index in [-0.39, 0.29) is 6.54 Å². The van der Waals surface area contributed by atoms with Gasteiger partial charge in [-0.1, -0.05) is 0 Å². The van der Waals surface area contributed by atoms with E-state index >= 15 is 0 Å². The van der Waals surface area contributed by atoms with Gasteiger partial charge in [0.05, 0.1) is 5.01 Å². The highest BCUT2D eigenvalue weighted by Crippen LogP contribution is 2.22. The van der Waals surface area contributed by atoms with E-state index in [1.54, 1.807) is 0 Å². The van der Waals surface area contributed by atoms with Gasteiger partial charge in [0, 0.05) is 24.0 Å². The summed E-state index contributed by atoms with van der Waals surface area (Å²) in [6.45, 7) is 1.92. The first kappa shape index (κ1) is 13.7. The number of aryl methyl sites for hydroxylation is 1. The second-order valence-corrected chi connectivity index (χ2v) is 4.70. The van der Waals surface area contributed by atoms with Crippen molar-refractivity contribution in [1.29, 1.82) is 0 Å². The van der Waals surface area contributed by atoms with Crippen LogP contribution in [0.5, 0.6) is 0 Å². The van der Waals surface area contributed by atoms with Gasteiger partial charge in [0.15, 0.2) is 0 Å². The summed E-state index contributed by atoms with van der Waals surface area (Å²) in [5.41, 5.74) is -0.00311. The number of anilines is 1. The van der Waals surface area contributed by atoms with Gasteiger partial charge in [-0.05, 0) is 6.92 Å². The standard InChI is InChI=1S/C11H9F4N3S/c1-5-4-19-6(17-5)2-3-16-9-7(12)10(14)18-11(15)8(9)13/h4H,2-3H2,1H3,(H,16,18). The lowest BCUT2D eigenvalue weighted by Crippen LogP contribution is -2.12. The summed E-state index contributed by atoms with van der Waals surface area (Å²) in [5, 5.41) is 4.92. The van der Waals surface area contributed by atoms with Crippen LogP contribution < -0.4 is 5.32 Å². The molecule has 0 aliphatic rings. The third kappa shape index (κ3) is 3.01.